The summed E-state index contributed by atoms with van der Waals surface area (Å²) in [5.41, 5.74) is 7.98. The Balaban J connectivity index is 2.08. The molecule has 1 atom stereocenters. The second-order valence-electron chi connectivity index (χ2n) is 6.10. The first-order chi connectivity index (χ1) is 9.59. The molecule has 0 radical (unpaired) electrons. The van der Waals surface area contributed by atoms with Crippen molar-refractivity contribution >= 4 is 5.91 Å². The molecule has 20 heavy (non-hydrogen) atoms. The number of nitrogens with two attached hydrogens (primary N) is 1. The molecule has 0 bridgehead atoms. The van der Waals surface area contributed by atoms with Gasteiger partial charge in [0.2, 0.25) is 5.91 Å². The molecule has 3 nitrogen and oxygen atoms in total. The third kappa shape index (κ3) is 3.04. The first-order valence-electron chi connectivity index (χ1n) is 7.66. The van der Waals surface area contributed by atoms with Crippen molar-refractivity contribution in [3.8, 4) is 0 Å². The summed E-state index contributed by atoms with van der Waals surface area (Å²) in [6.07, 6.45) is 5.31. The standard InChI is InChI=1S/C17H26N2O/c1-13-8-4-5-9-15(13)14(2)19-16(20)17(12-18)10-6-3-7-11-17/h4-5,8-9,14H,3,6-7,10-12,18H2,1-2H3,(H,19,20). The highest BCUT2D eigenvalue weighted by Gasteiger charge is 2.38. The van der Waals surface area contributed by atoms with E-state index in [2.05, 4.69) is 24.4 Å². The number of hydrogen-bond donors (Lipinski definition) is 2. The largest absolute Gasteiger partial charge is 0.349 e. The molecular formula is C17H26N2O. The molecule has 2 rings (SSSR count). The fraction of sp³-hybridized carbons (Fsp3) is 0.588. The zero-order valence-electron chi connectivity index (χ0n) is 12.6. The van der Waals surface area contributed by atoms with Gasteiger partial charge in [0.05, 0.1) is 11.5 Å². The molecular weight excluding hydrogens is 248 g/mol. The third-order valence-electron chi connectivity index (χ3n) is 4.69. The maximum Gasteiger partial charge on any atom is 0.227 e. The van der Waals surface area contributed by atoms with Gasteiger partial charge in [-0.2, -0.15) is 0 Å². The number of hydrogen-bond acceptors (Lipinski definition) is 2. The summed E-state index contributed by atoms with van der Waals surface area (Å²) < 4.78 is 0. The maximum absolute atomic E-state index is 12.7. The predicted octanol–water partition coefficient (Wildman–Crippen LogP) is 3.08. The zero-order valence-corrected chi connectivity index (χ0v) is 12.6. The Morgan fingerprint density at radius 2 is 1.95 bits per heavy atom. The topological polar surface area (TPSA) is 55.1 Å². The number of amides is 1. The van der Waals surface area contributed by atoms with Crippen LogP contribution in [0.3, 0.4) is 0 Å². The monoisotopic (exact) mass is 274 g/mol. The van der Waals surface area contributed by atoms with E-state index in [0.717, 1.165) is 25.7 Å². The lowest BCUT2D eigenvalue weighted by Crippen LogP contribution is -2.47. The number of nitrogens with one attached hydrogen (secondary N) is 1. The van der Waals surface area contributed by atoms with Crippen LogP contribution in [0.1, 0.15) is 56.2 Å². The van der Waals surface area contributed by atoms with Crippen LogP contribution in [0.2, 0.25) is 0 Å². The average molecular weight is 274 g/mol. The quantitative estimate of drug-likeness (QED) is 0.886. The van der Waals surface area contributed by atoms with Crippen LogP contribution in [-0.2, 0) is 4.79 Å². The van der Waals surface area contributed by atoms with E-state index in [-0.39, 0.29) is 17.4 Å². The van der Waals surface area contributed by atoms with Crippen LogP contribution in [0, 0.1) is 12.3 Å². The second-order valence-corrected chi connectivity index (χ2v) is 6.10. The number of rotatable bonds is 4. The van der Waals surface area contributed by atoms with E-state index in [0.29, 0.717) is 6.54 Å². The maximum atomic E-state index is 12.7. The first-order valence-corrected chi connectivity index (χ1v) is 7.66. The molecule has 1 saturated carbocycles. The highest BCUT2D eigenvalue weighted by atomic mass is 16.2. The van der Waals surface area contributed by atoms with Crippen LogP contribution in [-0.4, -0.2) is 12.5 Å². The lowest BCUT2D eigenvalue weighted by Gasteiger charge is -2.35. The Morgan fingerprint density at radius 1 is 1.30 bits per heavy atom. The van der Waals surface area contributed by atoms with Gasteiger partial charge in [-0.25, -0.2) is 0 Å². The van der Waals surface area contributed by atoms with Gasteiger partial charge < -0.3 is 11.1 Å². The molecule has 3 N–H and O–H groups in total. The van der Waals surface area contributed by atoms with Crippen molar-refractivity contribution < 1.29 is 4.79 Å². The van der Waals surface area contributed by atoms with Crippen molar-refractivity contribution in [2.24, 2.45) is 11.1 Å². The molecule has 1 unspecified atom stereocenters. The molecule has 110 valence electrons. The highest BCUT2D eigenvalue weighted by Crippen LogP contribution is 2.36. The lowest BCUT2D eigenvalue weighted by atomic mass is 9.73. The molecule has 0 aliphatic heterocycles. The van der Waals surface area contributed by atoms with E-state index in [1.165, 1.54) is 17.5 Å². The summed E-state index contributed by atoms with van der Waals surface area (Å²) in [4.78, 5) is 12.7. The number of carbonyl (C=O) groups excluding carboxylic acids is 1. The second kappa shape index (κ2) is 6.40. The van der Waals surface area contributed by atoms with Gasteiger partial charge >= 0.3 is 0 Å². The molecule has 1 fully saturated rings. The molecule has 1 aliphatic rings. The lowest BCUT2D eigenvalue weighted by molar-refractivity contribution is -0.133. The van der Waals surface area contributed by atoms with Crippen LogP contribution in [0.4, 0.5) is 0 Å². The van der Waals surface area contributed by atoms with E-state index >= 15 is 0 Å². The van der Waals surface area contributed by atoms with Gasteiger partial charge in [0.15, 0.2) is 0 Å². The minimum absolute atomic E-state index is 0.0362. The van der Waals surface area contributed by atoms with Crippen LogP contribution in [0.15, 0.2) is 24.3 Å². The molecule has 0 spiro atoms. The molecule has 1 amide bonds. The van der Waals surface area contributed by atoms with Crippen LogP contribution < -0.4 is 11.1 Å². The van der Waals surface area contributed by atoms with Crippen molar-refractivity contribution in [1.29, 1.82) is 0 Å². The van der Waals surface area contributed by atoms with E-state index < -0.39 is 0 Å². The van der Waals surface area contributed by atoms with E-state index in [1.807, 2.05) is 19.1 Å². The molecule has 3 heteroatoms. The van der Waals surface area contributed by atoms with E-state index in [4.69, 9.17) is 5.73 Å². The number of carbonyl (C=O) groups is 1. The smallest absolute Gasteiger partial charge is 0.227 e. The van der Waals surface area contributed by atoms with Crippen molar-refractivity contribution in [2.45, 2.75) is 52.0 Å². The summed E-state index contributed by atoms with van der Waals surface area (Å²) >= 11 is 0. The van der Waals surface area contributed by atoms with Gasteiger partial charge in [-0.05, 0) is 37.8 Å². The van der Waals surface area contributed by atoms with Gasteiger partial charge in [-0.15, -0.1) is 0 Å². The molecule has 1 aromatic carbocycles. The summed E-state index contributed by atoms with van der Waals surface area (Å²) in [5.74, 6) is 0.135. The highest BCUT2D eigenvalue weighted by molar-refractivity contribution is 5.83. The Bertz CT molecular complexity index is 464. The van der Waals surface area contributed by atoms with Crippen LogP contribution >= 0.6 is 0 Å². The Hall–Kier alpha value is -1.35. The summed E-state index contributed by atoms with van der Waals surface area (Å²) in [7, 11) is 0. The number of aryl methyl sites for hydroxylation is 1. The minimum Gasteiger partial charge on any atom is -0.349 e. The van der Waals surface area contributed by atoms with Gasteiger partial charge in [-0.1, -0.05) is 43.5 Å². The van der Waals surface area contributed by atoms with E-state index in [9.17, 15) is 4.79 Å². The van der Waals surface area contributed by atoms with Crippen molar-refractivity contribution in [2.75, 3.05) is 6.54 Å². The molecule has 1 aromatic rings. The molecule has 0 heterocycles. The van der Waals surface area contributed by atoms with Crippen molar-refractivity contribution in [3.63, 3.8) is 0 Å². The van der Waals surface area contributed by atoms with Gasteiger partial charge in [-0.3, -0.25) is 4.79 Å². The Kier molecular flexibility index (Phi) is 4.81. The van der Waals surface area contributed by atoms with Crippen LogP contribution in [0.5, 0.6) is 0 Å². The Labute approximate surface area is 121 Å². The van der Waals surface area contributed by atoms with Gasteiger partial charge in [0.1, 0.15) is 0 Å². The molecule has 0 saturated heterocycles. The van der Waals surface area contributed by atoms with Crippen molar-refractivity contribution in [1.82, 2.24) is 5.32 Å². The summed E-state index contributed by atoms with van der Waals surface area (Å²) in [6, 6.07) is 8.24. The van der Waals surface area contributed by atoms with Gasteiger partial charge in [0, 0.05) is 6.54 Å². The average Bonchev–Trinajstić information content (AvgIpc) is 2.48. The normalized spacial score (nSPS) is 19.4. The predicted molar refractivity (Wildman–Crippen MR) is 82.3 cm³/mol. The van der Waals surface area contributed by atoms with Gasteiger partial charge in [0.25, 0.3) is 0 Å². The summed E-state index contributed by atoms with van der Waals surface area (Å²) in [5, 5.41) is 3.18. The zero-order chi connectivity index (χ0) is 14.6. The first kappa shape index (κ1) is 15.0. The van der Waals surface area contributed by atoms with Crippen LogP contribution in [0.25, 0.3) is 0 Å². The van der Waals surface area contributed by atoms with Crippen molar-refractivity contribution in [3.05, 3.63) is 35.4 Å². The minimum atomic E-state index is -0.338. The Morgan fingerprint density at radius 3 is 2.55 bits per heavy atom. The molecule has 1 aliphatic carbocycles. The fourth-order valence-electron chi connectivity index (χ4n) is 3.25. The number of benzene rings is 1. The summed E-state index contributed by atoms with van der Waals surface area (Å²) in [6.45, 7) is 4.59. The molecule has 0 aromatic heterocycles. The SMILES string of the molecule is Cc1ccccc1C(C)NC(=O)C1(CN)CCCCC1. The third-order valence-corrected chi connectivity index (χ3v) is 4.69. The fourth-order valence-corrected chi connectivity index (χ4v) is 3.25. The van der Waals surface area contributed by atoms with E-state index in [1.54, 1.807) is 0 Å².